The van der Waals surface area contributed by atoms with Crippen LogP contribution < -0.4 is 0 Å². The normalized spacial score (nSPS) is 21.5. The Morgan fingerprint density at radius 2 is 1.77 bits per heavy atom. The molecule has 13 heavy (non-hydrogen) atoms. The monoisotopic (exact) mass is 221 g/mol. The highest BCUT2D eigenvalue weighted by Crippen LogP contribution is 2.25. The lowest BCUT2D eigenvalue weighted by molar-refractivity contribution is 0.109. The highest BCUT2D eigenvalue weighted by atomic mass is 33.1. The highest BCUT2D eigenvalue weighted by Gasteiger charge is 2.21. The molecule has 1 N–H and O–H groups in total. The van der Waals surface area contributed by atoms with Crippen molar-refractivity contribution in [1.29, 1.82) is 0 Å². The van der Waals surface area contributed by atoms with Gasteiger partial charge in [0.05, 0.1) is 0 Å². The average molecular weight is 221 g/mol. The largest absolute Gasteiger partial charge is 0.396 e. The van der Waals surface area contributed by atoms with Gasteiger partial charge in [-0.05, 0) is 0 Å². The smallest absolute Gasteiger partial charge is 0.0494 e. The van der Waals surface area contributed by atoms with Crippen molar-refractivity contribution in [1.82, 2.24) is 4.90 Å². The van der Waals surface area contributed by atoms with Gasteiger partial charge < -0.3 is 10.0 Å². The summed E-state index contributed by atoms with van der Waals surface area (Å²) in [5.74, 6) is 2.43. The Kier molecular flexibility index (Phi) is 4.94. The molecule has 0 atom stereocenters. The molecule has 0 aliphatic carbocycles. The van der Waals surface area contributed by atoms with E-state index in [0.717, 1.165) is 6.54 Å². The molecule has 0 radical (unpaired) electrons. The van der Waals surface area contributed by atoms with Crippen molar-refractivity contribution in [3.05, 3.63) is 0 Å². The van der Waals surface area contributed by atoms with E-state index >= 15 is 0 Å². The van der Waals surface area contributed by atoms with Crippen LogP contribution in [0.4, 0.5) is 0 Å². The summed E-state index contributed by atoms with van der Waals surface area (Å²) in [5, 5.41) is 9.16. The predicted molar refractivity (Wildman–Crippen MR) is 62.2 cm³/mol. The summed E-state index contributed by atoms with van der Waals surface area (Å²) in [6, 6.07) is 0. The Morgan fingerprint density at radius 1 is 1.23 bits per heavy atom. The molecule has 1 fully saturated rings. The zero-order chi connectivity index (χ0) is 9.73. The van der Waals surface area contributed by atoms with E-state index in [2.05, 4.69) is 18.7 Å². The molecule has 1 aliphatic heterocycles. The van der Waals surface area contributed by atoms with Crippen LogP contribution in [0, 0.1) is 5.41 Å². The molecule has 1 aliphatic rings. The first kappa shape index (κ1) is 11.7. The summed E-state index contributed by atoms with van der Waals surface area (Å²) in [6.07, 6.45) is 0. The van der Waals surface area contributed by atoms with Crippen LogP contribution in [0.2, 0.25) is 0 Å². The van der Waals surface area contributed by atoms with Crippen molar-refractivity contribution >= 4 is 21.6 Å². The molecule has 0 aromatic heterocycles. The molecule has 78 valence electrons. The zero-order valence-electron chi connectivity index (χ0n) is 8.45. The van der Waals surface area contributed by atoms with Crippen LogP contribution in [0.5, 0.6) is 0 Å². The molecule has 0 aromatic rings. The van der Waals surface area contributed by atoms with Crippen molar-refractivity contribution in [2.45, 2.75) is 13.8 Å². The van der Waals surface area contributed by atoms with Gasteiger partial charge in [0.2, 0.25) is 0 Å². The standard InChI is InChI=1S/C9H19NOS2/c1-9(2,8-11)7-10-3-5-12-13-6-4-10/h11H,3-8H2,1-2H3. The van der Waals surface area contributed by atoms with Crippen LogP contribution in [0.1, 0.15) is 13.8 Å². The number of nitrogens with zero attached hydrogens (tertiary/aromatic N) is 1. The second-order valence-electron chi connectivity index (χ2n) is 4.24. The molecule has 0 saturated carbocycles. The Hall–Kier alpha value is 0.620. The Balaban J connectivity index is 2.33. The lowest BCUT2D eigenvalue weighted by Gasteiger charge is -2.29. The topological polar surface area (TPSA) is 23.5 Å². The van der Waals surface area contributed by atoms with E-state index in [-0.39, 0.29) is 12.0 Å². The minimum absolute atomic E-state index is 0.0552. The lowest BCUT2D eigenvalue weighted by Crippen LogP contribution is -2.38. The fraction of sp³-hybridized carbons (Fsp3) is 1.00. The summed E-state index contributed by atoms with van der Waals surface area (Å²) in [5.41, 5.74) is 0.0552. The summed E-state index contributed by atoms with van der Waals surface area (Å²) >= 11 is 0. The van der Waals surface area contributed by atoms with Gasteiger partial charge in [0.15, 0.2) is 0 Å². The minimum atomic E-state index is 0.0552. The lowest BCUT2D eigenvalue weighted by atomic mass is 9.94. The van der Waals surface area contributed by atoms with E-state index in [1.54, 1.807) is 0 Å². The Morgan fingerprint density at radius 3 is 2.23 bits per heavy atom. The van der Waals surface area contributed by atoms with Crippen LogP contribution >= 0.6 is 21.6 Å². The van der Waals surface area contributed by atoms with Crippen molar-refractivity contribution in [2.24, 2.45) is 5.41 Å². The maximum absolute atomic E-state index is 9.16. The van der Waals surface area contributed by atoms with E-state index < -0.39 is 0 Å². The summed E-state index contributed by atoms with van der Waals surface area (Å²) in [6.45, 7) is 7.88. The molecular weight excluding hydrogens is 202 g/mol. The summed E-state index contributed by atoms with van der Waals surface area (Å²) in [4.78, 5) is 2.46. The Labute approximate surface area is 88.9 Å². The second kappa shape index (κ2) is 5.49. The van der Waals surface area contributed by atoms with Crippen LogP contribution in [0.15, 0.2) is 0 Å². The van der Waals surface area contributed by atoms with Gasteiger partial charge in [-0.1, -0.05) is 35.4 Å². The second-order valence-corrected chi connectivity index (χ2v) is 6.94. The van der Waals surface area contributed by atoms with E-state index in [9.17, 15) is 0 Å². The molecule has 0 unspecified atom stereocenters. The van der Waals surface area contributed by atoms with Gasteiger partial charge in [-0.25, -0.2) is 0 Å². The fourth-order valence-corrected chi connectivity index (χ4v) is 3.43. The fourth-order valence-electron chi connectivity index (χ4n) is 1.38. The first-order chi connectivity index (χ1) is 6.14. The third-order valence-electron chi connectivity index (χ3n) is 2.14. The van der Waals surface area contributed by atoms with Gasteiger partial charge in [0.25, 0.3) is 0 Å². The number of aliphatic hydroxyl groups excluding tert-OH is 1. The van der Waals surface area contributed by atoms with Crippen LogP contribution in [0.25, 0.3) is 0 Å². The molecule has 0 spiro atoms. The molecule has 1 heterocycles. The molecule has 4 heteroatoms. The van der Waals surface area contributed by atoms with Crippen molar-refractivity contribution in [3.8, 4) is 0 Å². The van der Waals surface area contributed by atoms with Gasteiger partial charge in [-0.2, -0.15) is 0 Å². The van der Waals surface area contributed by atoms with E-state index in [1.807, 2.05) is 21.6 Å². The van der Waals surface area contributed by atoms with Gasteiger partial charge in [0, 0.05) is 43.2 Å². The molecule has 0 bridgehead atoms. The minimum Gasteiger partial charge on any atom is -0.396 e. The maximum atomic E-state index is 9.16. The van der Waals surface area contributed by atoms with E-state index in [4.69, 9.17) is 5.11 Å². The maximum Gasteiger partial charge on any atom is 0.0494 e. The van der Waals surface area contributed by atoms with Crippen molar-refractivity contribution in [2.75, 3.05) is 37.7 Å². The number of hydrogen-bond donors (Lipinski definition) is 1. The van der Waals surface area contributed by atoms with Gasteiger partial charge >= 0.3 is 0 Å². The van der Waals surface area contributed by atoms with Crippen LogP contribution in [-0.4, -0.2) is 47.8 Å². The highest BCUT2D eigenvalue weighted by molar-refractivity contribution is 8.76. The van der Waals surface area contributed by atoms with Crippen LogP contribution in [0.3, 0.4) is 0 Å². The third kappa shape index (κ3) is 4.58. The number of hydrogen-bond acceptors (Lipinski definition) is 4. The molecule has 2 nitrogen and oxygen atoms in total. The van der Waals surface area contributed by atoms with Gasteiger partial charge in [0.1, 0.15) is 0 Å². The molecule has 1 saturated heterocycles. The first-order valence-corrected chi connectivity index (χ1v) is 7.20. The molecule has 0 amide bonds. The number of aliphatic hydroxyl groups is 1. The van der Waals surface area contributed by atoms with Crippen molar-refractivity contribution < 1.29 is 5.11 Å². The molecule has 0 aromatic carbocycles. The SMILES string of the molecule is CC(C)(CO)CN1CCSSCC1. The van der Waals surface area contributed by atoms with Crippen LogP contribution in [-0.2, 0) is 0 Å². The Bertz CT molecular complexity index is 145. The van der Waals surface area contributed by atoms with Gasteiger partial charge in [-0.3, -0.25) is 0 Å². The first-order valence-electron chi connectivity index (χ1n) is 4.72. The molecule has 1 rings (SSSR count). The summed E-state index contributed by atoms with van der Waals surface area (Å²) in [7, 11) is 3.93. The van der Waals surface area contributed by atoms with E-state index in [0.29, 0.717) is 0 Å². The average Bonchev–Trinajstić information content (AvgIpc) is 2.32. The summed E-state index contributed by atoms with van der Waals surface area (Å²) < 4.78 is 0. The van der Waals surface area contributed by atoms with Gasteiger partial charge in [-0.15, -0.1) is 0 Å². The quantitative estimate of drug-likeness (QED) is 0.733. The number of rotatable bonds is 3. The van der Waals surface area contributed by atoms with Crippen molar-refractivity contribution in [3.63, 3.8) is 0 Å². The third-order valence-corrected chi connectivity index (χ3v) is 4.51. The predicted octanol–water partition coefficient (Wildman–Crippen LogP) is 1.70. The van der Waals surface area contributed by atoms with E-state index in [1.165, 1.54) is 24.6 Å². The zero-order valence-corrected chi connectivity index (χ0v) is 10.1. The molecular formula is C9H19NOS2.